The lowest BCUT2D eigenvalue weighted by atomic mass is 10.1. The van der Waals surface area contributed by atoms with Crippen molar-refractivity contribution in [3.8, 4) is 5.75 Å². The number of benzene rings is 2. The van der Waals surface area contributed by atoms with Gasteiger partial charge >= 0.3 is 6.09 Å². The lowest BCUT2D eigenvalue weighted by molar-refractivity contribution is -0.112. The van der Waals surface area contributed by atoms with E-state index in [0.717, 1.165) is 34.0 Å². The quantitative estimate of drug-likeness (QED) is 0.349. The van der Waals surface area contributed by atoms with Crippen LogP contribution in [0.25, 0.3) is 0 Å². The van der Waals surface area contributed by atoms with Gasteiger partial charge in [-0.05, 0) is 31.0 Å². The minimum Gasteiger partial charge on any atom is -0.410 e. The van der Waals surface area contributed by atoms with Gasteiger partial charge < -0.3 is 15.0 Å². The van der Waals surface area contributed by atoms with Gasteiger partial charge in [0, 0.05) is 30.1 Å². The summed E-state index contributed by atoms with van der Waals surface area (Å²) in [4.78, 5) is 27.1. The molecule has 0 saturated carbocycles. The van der Waals surface area contributed by atoms with E-state index in [9.17, 15) is 9.59 Å². The first kappa shape index (κ1) is 22.9. The Morgan fingerprint density at radius 3 is 2.58 bits per heavy atom. The number of fused-ring (bicyclic) bond motifs is 1. The second kappa shape index (κ2) is 11.6. The van der Waals surface area contributed by atoms with Crippen LogP contribution in [0.3, 0.4) is 0 Å². The molecular formula is C25H30N2O3S. The van der Waals surface area contributed by atoms with Crippen LogP contribution < -0.4 is 15.0 Å². The summed E-state index contributed by atoms with van der Waals surface area (Å²) in [5.74, 6) is 0.494. The molecule has 1 aliphatic rings. The second-order valence-electron chi connectivity index (χ2n) is 7.63. The van der Waals surface area contributed by atoms with Crippen molar-refractivity contribution in [1.29, 1.82) is 0 Å². The van der Waals surface area contributed by atoms with Crippen LogP contribution in [0.2, 0.25) is 0 Å². The Hall–Kier alpha value is -2.73. The van der Waals surface area contributed by atoms with Crippen LogP contribution in [0, 0.1) is 0 Å². The fraction of sp³-hybridized carbons (Fsp3) is 0.360. The number of amides is 1. The number of hydrogen-bond acceptors (Lipinski definition) is 5. The van der Waals surface area contributed by atoms with Crippen LogP contribution in [-0.2, 0) is 11.3 Å². The molecule has 0 spiro atoms. The van der Waals surface area contributed by atoms with Gasteiger partial charge in [0.25, 0.3) is 0 Å². The molecule has 3 rings (SSSR count). The van der Waals surface area contributed by atoms with Gasteiger partial charge in [0.15, 0.2) is 5.78 Å². The maximum absolute atomic E-state index is 12.2. The van der Waals surface area contributed by atoms with Gasteiger partial charge in [0.05, 0.1) is 10.7 Å². The molecule has 31 heavy (non-hydrogen) atoms. The Balaban J connectivity index is 1.67. The molecule has 5 nitrogen and oxygen atoms in total. The zero-order chi connectivity index (χ0) is 22.1. The molecule has 1 aliphatic heterocycles. The van der Waals surface area contributed by atoms with E-state index < -0.39 is 6.09 Å². The van der Waals surface area contributed by atoms with Crippen LogP contribution in [0.4, 0.5) is 10.5 Å². The summed E-state index contributed by atoms with van der Waals surface area (Å²) in [6.07, 6.45) is 6.93. The van der Waals surface area contributed by atoms with E-state index in [0.29, 0.717) is 18.8 Å². The van der Waals surface area contributed by atoms with Gasteiger partial charge in [0.1, 0.15) is 5.75 Å². The molecule has 0 radical (unpaired) electrons. The van der Waals surface area contributed by atoms with Crippen molar-refractivity contribution >= 4 is 29.3 Å². The van der Waals surface area contributed by atoms with Crippen molar-refractivity contribution in [2.75, 3.05) is 11.4 Å². The summed E-state index contributed by atoms with van der Waals surface area (Å²) < 4.78 is 5.51. The molecule has 0 saturated heterocycles. The van der Waals surface area contributed by atoms with Crippen molar-refractivity contribution in [3.05, 3.63) is 65.2 Å². The number of nitrogens with zero attached hydrogens (tertiary/aromatic N) is 1. The minimum absolute atomic E-state index is 0.00292. The Kier molecular flexibility index (Phi) is 8.59. The molecule has 2 aromatic carbocycles. The number of carbonyl (C=O) groups excluding carboxylic acids is 2. The molecule has 0 atom stereocenters. The second-order valence-corrected chi connectivity index (χ2v) is 8.69. The highest BCUT2D eigenvalue weighted by Gasteiger charge is 2.26. The summed E-state index contributed by atoms with van der Waals surface area (Å²) in [6.45, 7) is 4.99. The highest BCUT2D eigenvalue weighted by atomic mass is 32.2. The van der Waals surface area contributed by atoms with Gasteiger partial charge in [-0.2, -0.15) is 0 Å². The number of unbranched alkanes of at least 4 members (excludes halogenated alkanes) is 4. The predicted octanol–water partition coefficient (Wildman–Crippen LogP) is 6.29. The molecule has 164 valence electrons. The number of allylic oxidation sites excluding steroid dienone is 1. The van der Waals surface area contributed by atoms with E-state index in [1.165, 1.54) is 19.3 Å². The molecule has 0 bridgehead atoms. The van der Waals surface area contributed by atoms with Crippen LogP contribution in [0.5, 0.6) is 5.75 Å². The maximum atomic E-state index is 12.2. The third-order valence-electron chi connectivity index (χ3n) is 4.97. The van der Waals surface area contributed by atoms with Gasteiger partial charge in [-0.3, -0.25) is 4.79 Å². The summed E-state index contributed by atoms with van der Waals surface area (Å²) in [6, 6.07) is 15.7. The van der Waals surface area contributed by atoms with Crippen LogP contribution in [-0.4, -0.2) is 18.4 Å². The molecule has 1 amide bonds. The molecule has 1 heterocycles. The van der Waals surface area contributed by atoms with Gasteiger partial charge in [-0.1, -0.05) is 74.7 Å². The summed E-state index contributed by atoms with van der Waals surface area (Å²) >= 11 is 1.55. The first-order valence-corrected chi connectivity index (χ1v) is 11.7. The molecule has 2 aromatic rings. The maximum Gasteiger partial charge on any atom is 0.412 e. The smallest absolute Gasteiger partial charge is 0.410 e. The van der Waals surface area contributed by atoms with E-state index in [1.54, 1.807) is 30.8 Å². The number of anilines is 1. The topological polar surface area (TPSA) is 58.6 Å². The number of ketones is 1. The highest BCUT2D eigenvalue weighted by molar-refractivity contribution is 8.03. The number of nitrogens with one attached hydrogen (secondary N) is 1. The van der Waals surface area contributed by atoms with Crippen molar-refractivity contribution < 1.29 is 14.3 Å². The van der Waals surface area contributed by atoms with Crippen molar-refractivity contribution in [1.82, 2.24) is 5.32 Å². The highest BCUT2D eigenvalue weighted by Crippen LogP contribution is 2.48. The lowest BCUT2D eigenvalue weighted by Crippen LogP contribution is -2.27. The molecule has 0 aliphatic carbocycles. The van der Waals surface area contributed by atoms with Gasteiger partial charge in [0.2, 0.25) is 0 Å². The van der Waals surface area contributed by atoms with E-state index in [2.05, 4.69) is 29.3 Å². The minimum atomic E-state index is -0.435. The molecule has 0 aromatic heterocycles. The fourth-order valence-corrected chi connectivity index (χ4v) is 4.55. The molecule has 6 heteroatoms. The van der Waals surface area contributed by atoms with E-state index in [1.807, 2.05) is 30.3 Å². The normalized spacial score (nSPS) is 13.9. The zero-order valence-corrected chi connectivity index (χ0v) is 19.0. The molecule has 0 unspecified atom stereocenters. The van der Waals surface area contributed by atoms with Crippen molar-refractivity contribution in [2.24, 2.45) is 0 Å². The number of carbonyl (C=O) groups is 2. The Bertz CT molecular complexity index is 928. The SMILES string of the molecule is CCCCCCCNC(=O)Oc1ccc2c(c1)N(Cc1ccccc1)/C(=C/C(C)=O)S2. The summed E-state index contributed by atoms with van der Waals surface area (Å²) in [5.41, 5.74) is 2.07. The number of hydrogen-bond donors (Lipinski definition) is 1. The van der Waals surface area contributed by atoms with Crippen LogP contribution in [0.15, 0.2) is 64.5 Å². The van der Waals surface area contributed by atoms with E-state index in [4.69, 9.17) is 4.74 Å². The van der Waals surface area contributed by atoms with Crippen molar-refractivity contribution in [2.45, 2.75) is 57.4 Å². The van der Waals surface area contributed by atoms with E-state index in [-0.39, 0.29) is 5.78 Å². The zero-order valence-electron chi connectivity index (χ0n) is 18.2. The Labute approximate surface area is 188 Å². The largest absolute Gasteiger partial charge is 0.412 e. The molecule has 0 fully saturated rings. The average Bonchev–Trinajstić information content (AvgIpc) is 3.07. The van der Waals surface area contributed by atoms with Crippen molar-refractivity contribution in [3.63, 3.8) is 0 Å². The lowest BCUT2D eigenvalue weighted by Gasteiger charge is -2.21. The molecule has 1 N–H and O–H groups in total. The Morgan fingerprint density at radius 1 is 1.06 bits per heavy atom. The van der Waals surface area contributed by atoms with Crippen LogP contribution >= 0.6 is 11.8 Å². The fourth-order valence-electron chi connectivity index (χ4n) is 3.42. The third kappa shape index (κ3) is 6.89. The first-order valence-electron chi connectivity index (χ1n) is 10.9. The number of rotatable bonds is 10. The molecular weight excluding hydrogens is 408 g/mol. The number of thioether (sulfide) groups is 1. The monoisotopic (exact) mass is 438 g/mol. The standard InChI is InChI=1S/C25H30N2O3S/c1-3-4-5-6-10-15-26-25(29)30-21-13-14-23-22(17-21)27(24(31-23)16-19(2)28)18-20-11-8-7-9-12-20/h7-9,11-14,16-17H,3-6,10,15,18H2,1-2H3,(H,26,29)/b24-16-. The first-order chi connectivity index (χ1) is 15.1. The van der Waals surface area contributed by atoms with Gasteiger partial charge in [-0.25, -0.2) is 4.79 Å². The number of ether oxygens (including phenoxy) is 1. The summed E-state index contributed by atoms with van der Waals surface area (Å²) in [7, 11) is 0. The predicted molar refractivity (Wildman–Crippen MR) is 126 cm³/mol. The average molecular weight is 439 g/mol. The van der Waals surface area contributed by atoms with Gasteiger partial charge in [-0.15, -0.1) is 0 Å². The third-order valence-corrected chi connectivity index (χ3v) is 6.08. The summed E-state index contributed by atoms with van der Waals surface area (Å²) in [5, 5.41) is 3.70. The van der Waals surface area contributed by atoms with E-state index >= 15 is 0 Å². The Morgan fingerprint density at radius 2 is 1.84 bits per heavy atom. The van der Waals surface area contributed by atoms with Crippen LogP contribution in [0.1, 0.15) is 51.5 Å².